The lowest BCUT2D eigenvalue weighted by molar-refractivity contribution is -0.459. The molecule has 0 N–H and O–H groups in total. The van der Waals surface area contributed by atoms with Gasteiger partial charge in [0, 0.05) is 5.56 Å². The lowest BCUT2D eigenvalue weighted by Crippen LogP contribution is -2.75. The lowest BCUT2D eigenvalue weighted by Gasteiger charge is -2.42. The summed E-state index contributed by atoms with van der Waals surface area (Å²) in [4.78, 5) is 12.1. The first-order valence-electron chi connectivity index (χ1n) is 14.0. The molecule has 0 saturated heterocycles. The van der Waals surface area contributed by atoms with Gasteiger partial charge >= 0.3 is 47.6 Å². The topological polar surface area (TPSA) is 17.1 Å². The molecule has 0 amide bonds. The molecular weight excluding hydrogens is 675 g/mol. The summed E-state index contributed by atoms with van der Waals surface area (Å²) in [6.45, 7) is 2.08. The summed E-state index contributed by atoms with van der Waals surface area (Å²) >= 11 is 0. The number of alkyl halides is 17. The molecule has 0 spiro atoms. The maximum absolute atomic E-state index is 14.4. The van der Waals surface area contributed by atoms with Crippen LogP contribution < -0.4 is 0 Å². The predicted octanol–water partition coefficient (Wildman–Crippen LogP) is 11.2. The van der Waals surface area contributed by atoms with Gasteiger partial charge in [-0.1, -0.05) is 82.6 Å². The fourth-order valence-electron chi connectivity index (χ4n) is 5.17. The van der Waals surface area contributed by atoms with Crippen molar-refractivity contribution < 1.29 is 79.4 Å². The van der Waals surface area contributed by atoms with Crippen molar-refractivity contribution in [2.45, 2.75) is 119 Å². The Morgan fingerprint density at radius 3 is 1.37 bits per heavy atom. The Balaban J connectivity index is 2.23. The van der Waals surface area contributed by atoms with E-state index in [9.17, 15) is 79.4 Å². The van der Waals surface area contributed by atoms with Crippen molar-refractivity contribution in [3.05, 3.63) is 35.4 Å². The van der Waals surface area contributed by atoms with Crippen molar-refractivity contribution in [2.24, 2.45) is 11.8 Å². The molecule has 1 aliphatic rings. The van der Waals surface area contributed by atoms with Gasteiger partial charge in [0.2, 0.25) is 5.78 Å². The summed E-state index contributed by atoms with van der Waals surface area (Å²) in [6, 6.07) is 2.60. The molecule has 0 aliphatic heterocycles. The van der Waals surface area contributed by atoms with Gasteiger partial charge in [-0.25, -0.2) is 0 Å². The average molecular weight is 705 g/mol. The highest BCUT2D eigenvalue weighted by atomic mass is 19.4. The zero-order valence-corrected chi connectivity index (χ0v) is 23.9. The van der Waals surface area contributed by atoms with Gasteiger partial charge in [0.05, 0.1) is 0 Å². The maximum Gasteiger partial charge on any atom is 0.460 e. The highest BCUT2D eigenvalue weighted by molar-refractivity contribution is 6.02. The van der Waals surface area contributed by atoms with Crippen LogP contribution in [0.2, 0.25) is 0 Å². The van der Waals surface area contributed by atoms with Crippen molar-refractivity contribution in [1.82, 2.24) is 0 Å². The van der Waals surface area contributed by atoms with Crippen LogP contribution >= 0.6 is 0 Å². The first-order chi connectivity index (χ1) is 20.6. The first-order valence-corrected chi connectivity index (χ1v) is 14.0. The number of ketones is 1. The normalized spacial score (nSPS) is 19.8. The highest BCUT2D eigenvalue weighted by Crippen LogP contribution is 2.64. The fourth-order valence-corrected chi connectivity index (χ4v) is 5.17. The number of hydrogen-bond acceptors (Lipinski definition) is 1. The summed E-state index contributed by atoms with van der Waals surface area (Å²) in [5.74, 6) is -60.5. The van der Waals surface area contributed by atoms with Crippen LogP contribution in [0.3, 0.4) is 0 Å². The lowest BCUT2D eigenvalue weighted by atomic mass is 9.78. The molecular formula is C28H29F17O. The predicted molar refractivity (Wildman–Crippen MR) is 129 cm³/mol. The van der Waals surface area contributed by atoms with E-state index in [1.54, 1.807) is 0 Å². The molecule has 266 valence electrons. The molecule has 1 aromatic rings. The van der Waals surface area contributed by atoms with Gasteiger partial charge in [-0.2, -0.15) is 74.6 Å². The van der Waals surface area contributed by atoms with Crippen molar-refractivity contribution in [3.8, 4) is 0 Å². The zero-order chi connectivity index (χ0) is 35.8. The minimum atomic E-state index is -8.74. The second kappa shape index (κ2) is 13.3. The van der Waals surface area contributed by atoms with E-state index in [0.717, 1.165) is 63.5 Å². The molecule has 0 unspecified atom stereocenters. The van der Waals surface area contributed by atoms with Gasteiger partial charge < -0.3 is 0 Å². The maximum atomic E-state index is 14.4. The zero-order valence-electron chi connectivity index (χ0n) is 23.9. The van der Waals surface area contributed by atoms with Gasteiger partial charge in [0.1, 0.15) is 0 Å². The molecule has 1 nitrogen and oxygen atoms in total. The Hall–Kier alpha value is -2.30. The van der Waals surface area contributed by atoms with E-state index in [1.165, 1.54) is 0 Å². The second-order valence-electron chi connectivity index (χ2n) is 11.5. The van der Waals surface area contributed by atoms with Gasteiger partial charge in [-0.05, 0) is 30.2 Å². The number of halogens is 17. The number of rotatable bonds is 15. The summed E-state index contributed by atoms with van der Waals surface area (Å²) in [5.41, 5.74) is -1.22. The Morgan fingerprint density at radius 2 is 0.957 bits per heavy atom. The number of carbonyl (C=O) groups excluding carboxylic acids is 1. The van der Waals surface area contributed by atoms with Crippen LogP contribution in [0.4, 0.5) is 74.6 Å². The molecule has 1 saturated carbocycles. The molecule has 2 rings (SSSR count). The van der Waals surface area contributed by atoms with Crippen LogP contribution in [0.5, 0.6) is 0 Å². The van der Waals surface area contributed by atoms with Gasteiger partial charge in [-0.3, -0.25) is 4.79 Å². The molecule has 0 bridgehead atoms. The molecule has 1 aliphatic carbocycles. The van der Waals surface area contributed by atoms with E-state index in [2.05, 4.69) is 6.92 Å². The third kappa shape index (κ3) is 6.81. The SMILES string of the molecule is CCCCC[C@H]1CC[C@H](CCc2ccc(C(=O)C(F)(F)C(F)(F)C(F)(F)C(F)(F)C(F)(F)C(F)(F)C(F)(F)C(F)(F)F)cc2)CC1. The summed E-state index contributed by atoms with van der Waals surface area (Å²) in [5, 5.41) is 0. The van der Waals surface area contributed by atoms with Crippen LogP contribution in [0.1, 0.15) is 80.6 Å². The highest BCUT2D eigenvalue weighted by Gasteiger charge is 2.95. The Morgan fingerprint density at radius 1 is 0.565 bits per heavy atom. The second-order valence-corrected chi connectivity index (χ2v) is 11.5. The number of aryl methyl sites for hydroxylation is 1. The number of carbonyl (C=O) groups is 1. The summed E-state index contributed by atoms with van der Waals surface area (Å²) in [7, 11) is 0. The van der Waals surface area contributed by atoms with E-state index >= 15 is 0 Å². The van der Waals surface area contributed by atoms with Gasteiger partial charge in [0.15, 0.2) is 0 Å². The van der Waals surface area contributed by atoms with E-state index in [-0.39, 0.29) is 12.3 Å². The van der Waals surface area contributed by atoms with Crippen molar-refractivity contribution >= 4 is 5.78 Å². The summed E-state index contributed by atoms with van der Waals surface area (Å²) < 4.78 is 229. The van der Waals surface area contributed by atoms with Crippen LogP contribution in [-0.2, 0) is 6.42 Å². The minimum Gasteiger partial charge on any atom is -0.287 e. The molecule has 1 fully saturated rings. The van der Waals surface area contributed by atoms with Crippen molar-refractivity contribution in [1.29, 1.82) is 0 Å². The average Bonchev–Trinajstić information content (AvgIpc) is 2.95. The monoisotopic (exact) mass is 704 g/mol. The summed E-state index contributed by atoms with van der Waals surface area (Å²) in [6.07, 6.45) is 1.23. The van der Waals surface area contributed by atoms with E-state index in [4.69, 9.17) is 0 Å². The molecule has 1 aromatic carbocycles. The van der Waals surface area contributed by atoms with Gasteiger partial charge in [0.25, 0.3) is 0 Å². The standard InChI is InChI=1S/C28H29F17O/c1-2-3-4-5-16-6-8-17(9-7-16)10-11-18-12-14-19(15-13-18)20(46)21(29,30)22(31,32)23(33,34)24(35,36)25(37,38)26(39,40)27(41,42)28(43,44)45/h12-17H,2-11H2,1H3/t16-,17-. The van der Waals surface area contributed by atoms with Gasteiger partial charge in [-0.15, -0.1) is 0 Å². The molecule has 0 heterocycles. The number of benzene rings is 1. The van der Waals surface area contributed by atoms with Crippen LogP contribution in [0.15, 0.2) is 24.3 Å². The number of Topliss-reactive ketones (excluding diaryl/α,β-unsaturated/α-hetero) is 1. The van der Waals surface area contributed by atoms with Crippen molar-refractivity contribution in [2.75, 3.05) is 0 Å². The smallest absolute Gasteiger partial charge is 0.287 e. The first kappa shape index (κ1) is 39.9. The Bertz CT molecular complexity index is 1160. The molecule has 0 radical (unpaired) electrons. The fraction of sp³-hybridized carbons (Fsp3) is 0.750. The van der Waals surface area contributed by atoms with E-state index in [1.807, 2.05) is 0 Å². The van der Waals surface area contributed by atoms with Crippen molar-refractivity contribution in [3.63, 3.8) is 0 Å². The Labute approximate surface area is 251 Å². The number of hydrogen-bond donors (Lipinski definition) is 0. The Kier molecular flexibility index (Phi) is 11.5. The third-order valence-electron chi connectivity index (χ3n) is 8.25. The van der Waals surface area contributed by atoms with E-state index in [0.29, 0.717) is 30.0 Å². The quantitative estimate of drug-likeness (QED) is 0.101. The molecule has 0 aromatic heterocycles. The van der Waals surface area contributed by atoms with Crippen LogP contribution in [-0.4, -0.2) is 53.4 Å². The van der Waals surface area contributed by atoms with Crippen LogP contribution in [0, 0.1) is 11.8 Å². The van der Waals surface area contributed by atoms with E-state index < -0.39 is 59.0 Å². The minimum absolute atomic E-state index is 0.275. The largest absolute Gasteiger partial charge is 0.460 e. The molecule has 0 atom stereocenters. The molecule has 18 heteroatoms. The third-order valence-corrected chi connectivity index (χ3v) is 8.25. The van der Waals surface area contributed by atoms with Crippen LogP contribution in [0.25, 0.3) is 0 Å². The molecule has 46 heavy (non-hydrogen) atoms. The number of unbranched alkanes of at least 4 members (excludes halogenated alkanes) is 2.